The highest BCUT2D eigenvalue weighted by atomic mass is 16.5. The molecule has 0 aliphatic rings. The maximum Gasteiger partial charge on any atom is 0.261 e. The fraction of sp³-hybridized carbons (Fsp3) is 0.333. The van der Waals surface area contributed by atoms with Crippen LogP contribution in [0.4, 0.5) is 0 Å². The van der Waals surface area contributed by atoms with E-state index in [9.17, 15) is 9.59 Å². The van der Waals surface area contributed by atoms with Crippen molar-refractivity contribution in [2.75, 3.05) is 7.11 Å². The summed E-state index contributed by atoms with van der Waals surface area (Å²) in [5.74, 6) is 0.612. The molecule has 0 aliphatic carbocycles. The van der Waals surface area contributed by atoms with Gasteiger partial charge in [0.05, 0.1) is 18.4 Å². The summed E-state index contributed by atoms with van der Waals surface area (Å²) in [6.07, 6.45) is 0.823. The van der Waals surface area contributed by atoms with Crippen molar-refractivity contribution in [2.45, 2.75) is 33.7 Å². The van der Waals surface area contributed by atoms with Crippen LogP contribution in [-0.2, 0) is 6.54 Å². The van der Waals surface area contributed by atoms with Gasteiger partial charge in [0.15, 0.2) is 5.78 Å². The van der Waals surface area contributed by atoms with E-state index in [1.54, 1.807) is 17.7 Å². The van der Waals surface area contributed by atoms with Crippen LogP contribution < -0.4 is 10.3 Å². The number of nitrogens with zero attached hydrogens (tertiary/aromatic N) is 1. The van der Waals surface area contributed by atoms with Crippen molar-refractivity contribution in [3.8, 4) is 17.0 Å². The summed E-state index contributed by atoms with van der Waals surface area (Å²) in [5, 5.41) is 0. The monoisotopic (exact) mass is 299 g/mol. The summed E-state index contributed by atoms with van der Waals surface area (Å²) in [4.78, 5) is 24.1. The lowest BCUT2D eigenvalue weighted by Crippen LogP contribution is -2.26. The van der Waals surface area contributed by atoms with E-state index in [0.29, 0.717) is 6.54 Å². The lowest BCUT2D eigenvalue weighted by atomic mass is 10.0. The van der Waals surface area contributed by atoms with Crippen LogP contribution in [0.15, 0.2) is 35.1 Å². The molecule has 0 atom stereocenters. The third kappa shape index (κ3) is 2.96. The summed E-state index contributed by atoms with van der Waals surface area (Å²) < 4.78 is 6.95. The molecule has 1 heterocycles. The number of aromatic nitrogens is 1. The van der Waals surface area contributed by atoms with Gasteiger partial charge in [0.25, 0.3) is 5.56 Å². The van der Waals surface area contributed by atoms with Crippen molar-refractivity contribution < 1.29 is 9.53 Å². The Labute approximate surface area is 130 Å². The van der Waals surface area contributed by atoms with Gasteiger partial charge in [-0.2, -0.15) is 0 Å². The summed E-state index contributed by atoms with van der Waals surface area (Å²) >= 11 is 0. The number of benzene rings is 1. The molecule has 4 heteroatoms. The first-order chi connectivity index (χ1) is 10.5. The van der Waals surface area contributed by atoms with Crippen molar-refractivity contribution >= 4 is 5.78 Å². The second-order valence-electron chi connectivity index (χ2n) is 5.33. The number of carbonyl (C=O) groups is 1. The predicted molar refractivity (Wildman–Crippen MR) is 87.7 cm³/mol. The standard InChI is InChI=1S/C18H21NO3/c1-5-10-19-16(8-7-15(13(3)20)18(19)21)14-6-9-17(22-4)12(2)11-14/h6-9,11H,5,10H2,1-4H3. The average Bonchev–Trinajstić information content (AvgIpc) is 2.49. The highest BCUT2D eigenvalue weighted by Crippen LogP contribution is 2.25. The Kier molecular flexibility index (Phi) is 4.81. The van der Waals surface area contributed by atoms with E-state index in [2.05, 4.69) is 0 Å². The summed E-state index contributed by atoms with van der Waals surface area (Å²) in [6.45, 7) is 5.98. The van der Waals surface area contributed by atoms with Gasteiger partial charge in [-0.3, -0.25) is 9.59 Å². The van der Waals surface area contributed by atoms with Crippen LogP contribution in [0.1, 0.15) is 36.2 Å². The lowest BCUT2D eigenvalue weighted by molar-refractivity contribution is 0.101. The van der Waals surface area contributed by atoms with Gasteiger partial charge in [-0.15, -0.1) is 0 Å². The first-order valence-electron chi connectivity index (χ1n) is 7.39. The fourth-order valence-corrected chi connectivity index (χ4v) is 2.58. The van der Waals surface area contributed by atoms with E-state index in [0.717, 1.165) is 29.0 Å². The molecular weight excluding hydrogens is 278 g/mol. The Morgan fingerprint density at radius 2 is 1.95 bits per heavy atom. The fourth-order valence-electron chi connectivity index (χ4n) is 2.58. The van der Waals surface area contributed by atoms with Gasteiger partial charge in [-0.1, -0.05) is 6.92 Å². The second kappa shape index (κ2) is 6.60. The minimum atomic E-state index is -0.222. The first kappa shape index (κ1) is 16.0. The van der Waals surface area contributed by atoms with Gasteiger partial charge in [0, 0.05) is 6.54 Å². The zero-order chi connectivity index (χ0) is 16.3. The van der Waals surface area contributed by atoms with Gasteiger partial charge < -0.3 is 9.30 Å². The molecule has 0 N–H and O–H groups in total. The Morgan fingerprint density at radius 1 is 1.23 bits per heavy atom. The van der Waals surface area contributed by atoms with E-state index in [4.69, 9.17) is 4.74 Å². The van der Waals surface area contributed by atoms with Crippen LogP contribution in [0.2, 0.25) is 0 Å². The lowest BCUT2D eigenvalue weighted by Gasteiger charge is -2.15. The zero-order valence-electron chi connectivity index (χ0n) is 13.5. The number of carbonyl (C=O) groups excluding carboxylic acids is 1. The first-order valence-corrected chi connectivity index (χ1v) is 7.39. The van der Waals surface area contributed by atoms with E-state index < -0.39 is 0 Å². The zero-order valence-corrected chi connectivity index (χ0v) is 13.5. The molecule has 1 aromatic heterocycles. The molecule has 0 spiro atoms. The second-order valence-corrected chi connectivity index (χ2v) is 5.33. The number of hydrogen-bond acceptors (Lipinski definition) is 3. The van der Waals surface area contributed by atoms with Gasteiger partial charge in [-0.05, 0) is 61.7 Å². The number of methoxy groups -OCH3 is 1. The number of pyridine rings is 1. The molecule has 0 saturated carbocycles. The van der Waals surface area contributed by atoms with Crippen molar-refractivity contribution in [1.29, 1.82) is 0 Å². The molecule has 1 aromatic carbocycles. The molecular formula is C18H21NO3. The number of rotatable bonds is 5. The average molecular weight is 299 g/mol. The maximum atomic E-state index is 12.5. The number of hydrogen-bond donors (Lipinski definition) is 0. The van der Waals surface area contributed by atoms with Crippen LogP contribution in [0.25, 0.3) is 11.3 Å². The largest absolute Gasteiger partial charge is 0.496 e. The van der Waals surface area contributed by atoms with Crippen molar-refractivity contribution in [2.24, 2.45) is 0 Å². The predicted octanol–water partition coefficient (Wildman–Crippen LogP) is 3.44. The van der Waals surface area contributed by atoms with E-state index in [1.165, 1.54) is 6.92 Å². The van der Waals surface area contributed by atoms with Crippen LogP contribution in [0, 0.1) is 6.92 Å². The minimum absolute atomic E-state index is 0.202. The Morgan fingerprint density at radius 3 is 2.50 bits per heavy atom. The highest BCUT2D eigenvalue weighted by Gasteiger charge is 2.13. The number of Topliss-reactive ketones (excluding diaryl/α,β-unsaturated/α-hetero) is 1. The Bertz CT molecular complexity index is 759. The molecule has 0 bridgehead atoms. The molecule has 0 fully saturated rings. The van der Waals surface area contributed by atoms with Gasteiger partial charge in [0.1, 0.15) is 5.75 Å². The molecule has 2 aromatic rings. The number of ketones is 1. The third-order valence-corrected chi connectivity index (χ3v) is 3.69. The van der Waals surface area contributed by atoms with E-state index in [-0.39, 0.29) is 16.9 Å². The molecule has 0 saturated heterocycles. The number of ether oxygens (including phenoxy) is 1. The molecule has 22 heavy (non-hydrogen) atoms. The summed E-state index contributed by atoms with van der Waals surface area (Å²) in [5.41, 5.74) is 2.79. The molecule has 116 valence electrons. The smallest absolute Gasteiger partial charge is 0.261 e. The Balaban J connectivity index is 2.64. The van der Waals surface area contributed by atoms with Crippen LogP contribution in [0.5, 0.6) is 5.75 Å². The quantitative estimate of drug-likeness (QED) is 0.795. The maximum absolute atomic E-state index is 12.5. The summed E-state index contributed by atoms with van der Waals surface area (Å²) in [7, 11) is 1.64. The normalized spacial score (nSPS) is 10.5. The highest BCUT2D eigenvalue weighted by molar-refractivity contribution is 5.94. The number of aryl methyl sites for hydroxylation is 1. The molecule has 4 nitrogen and oxygen atoms in total. The molecule has 0 unspecified atom stereocenters. The van der Waals surface area contributed by atoms with Crippen LogP contribution in [-0.4, -0.2) is 17.5 Å². The Hall–Kier alpha value is -2.36. The van der Waals surface area contributed by atoms with Gasteiger partial charge >= 0.3 is 0 Å². The van der Waals surface area contributed by atoms with Crippen molar-refractivity contribution in [1.82, 2.24) is 4.57 Å². The molecule has 0 radical (unpaired) electrons. The topological polar surface area (TPSA) is 48.3 Å². The summed E-state index contributed by atoms with van der Waals surface area (Å²) in [6, 6.07) is 9.28. The van der Waals surface area contributed by atoms with E-state index >= 15 is 0 Å². The van der Waals surface area contributed by atoms with Crippen LogP contribution >= 0.6 is 0 Å². The molecule has 0 amide bonds. The van der Waals surface area contributed by atoms with E-state index in [1.807, 2.05) is 38.1 Å². The van der Waals surface area contributed by atoms with Crippen molar-refractivity contribution in [3.63, 3.8) is 0 Å². The SMILES string of the molecule is CCCn1c(-c2ccc(OC)c(C)c2)ccc(C(C)=O)c1=O. The van der Waals surface area contributed by atoms with Gasteiger partial charge in [0.2, 0.25) is 0 Å². The molecule has 2 rings (SSSR count). The van der Waals surface area contributed by atoms with Crippen molar-refractivity contribution in [3.05, 3.63) is 51.8 Å². The van der Waals surface area contributed by atoms with Gasteiger partial charge in [-0.25, -0.2) is 0 Å². The third-order valence-electron chi connectivity index (χ3n) is 3.69. The molecule has 0 aliphatic heterocycles. The van der Waals surface area contributed by atoms with Crippen LogP contribution in [0.3, 0.4) is 0 Å². The minimum Gasteiger partial charge on any atom is -0.496 e.